The number of nitrogens with one attached hydrogen (secondary N) is 2. The Kier molecular flexibility index (Phi) is 6.00. The fourth-order valence-electron chi connectivity index (χ4n) is 2.87. The number of aromatic amines is 1. The third-order valence-electron chi connectivity index (χ3n) is 4.41. The molecule has 1 aromatic heterocycles. The van der Waals surface area contributed by atoms with Crippen molar-refractivity contribution >= 4 is 17.5 Å². The van der Waals surface area contributed by atoms with Crippen LogP contribution >= 0.6 is 11.6 Å². The summed E-state index contributed by atoms with van der Waals surface area (Å²) < 4.78 is 10.8. The van der Waals surface area contributed by atoms with E-state index in [1.807, 2.05) is 4.90 Å². The summed E-state index contributed by atoms with van der Waals surface area (Å²) in [5.74, 6) is 1.15. The zero-order valence-electron chi connectivity index (χ0n) is 14.9. The molecule has 8 heteroatoms. The number of aromatic nitrogens is 2. The number of nitrogens with zero attached hydrogens (tertiary/aromatic N) is 2. The molecule has 2 N–H and O–H groups in total. The standard InChI is InChI=1S/C18H23ClN4O3/c1-3-12-10-23(7-6-20-12)18(24)16-8-13(21-22-16)11-26-17-5-4-14(25-2)9-15(17)19/h4-5,8-9,12,20H,3,6-7,10-11H2,1-2H3,(H,21,22)/t12-/m0/s1. The van der Waals surface area contributed by atoms with Gasteiger partial charge in [0, 0.05) is 31.7 Å². The monoisotopic (exact) mass is 378 g/mol. The van der Waals surface area contributed by atoms with Crippen LogP contribution in [-0.2, 0) is 6.61 Å². The zero-order valence-corrected chi connectivity index (χ0v) is 15.7. The Balaban J connectivity index is 1.60. The number of carbonyl (C=O) groups excluding carboxylic acids is 1. The van der Waals surface area contributed by atoms with E-state index in [1.165, 1.54) is 0 Å². The maximum absolute atomic E-state index is 12.6. The van der Waals surface area contributed by atoms with E-state index in [9.17, 15) is 4.79 Å². The number of rotatable bonds is 6. The van der Waals surface area contributed by atoms with Crippen LogP contribution in [-0.4, -0.2) is 53.8 Å². The number of benzene rings is 1. The Morgan fingerprint density at radius 2 is 2.27 bits per heavy atom. The van der Waals surface area contributed by atoms with E-state index in [0.717, 1.165) is 13.0 Å². The molecule has 140 valence electrons. The van der Waals surface area contributed by atoms with Crippen molar-refractivity contribution in [1.82, 2.24) is 20.4 Å². The SMILES string of the molecule is CC[C@H]1CN(C(=O)c2cc(COc3ccc(OC)cc3Cl)[nH]n2)CCN1. The minimum Gasteiger partial charge on any atom is -0.497 e. The van der Waals surface area contributed by atoms with Gasteiger partial charge in [0.15, 0.2) is 5.69 Å². The van der Waals surface area contributed by atoms with Gasteiger partial charge < -0.3 is 19.7 Å². The van der Waals surface area contributed by atoms with Crippen LogP contribution in [0.1, 0.15) is 29.5 Å². The molecule has 1 aliphatic rings. The van der Waals surface area contributed by atoms with Crippen molar-refractivity contribution in [3.63, 3.8) is 0 Å². The third-order valence-corrected chi connectivity index (χ3v) is 4.70. The number of hydrogen-bond donors (Lipinski definition) is 2. The molecule has 1 amide bonds. The fraction of sp³-hybridized carbons (Fsp3) is 0.444. The molecular formula is C18H23ClN4O3. The number of ether oxygens (including phenoxy) is 2. The van der Waals surface area contributed by atoms with Gasteiger partial charge in [-0.3, -0.25) is 9.89 Å². The van der Waals surface area contributed by atoms with Gasteiger partial charge >= 0.3 is 0 Å². The molecule has 0 bridgehead atoms. The minimum absolute atomic E-state index is 0.0603. The molecule has 1 aromatic carbocycles. The molecule has 0 saturated carbocycles. The summed E-state index contributed by atoms with van der Waals surface area (Å²) >= 11 is 6.16. The van der Waals surface area contributed by atoms with Gasteiger partial charge in [0.1, 0.15) is 18.1 Å². The highest BCUT2D eigenvalue weighted by Gasteiger charge is 2.24. The summed E-state index contributed by atoms with van der Waals surface area (Å²) in [4.78, 5) is 14.5. The summed E-state index contributed by atoms with van der Waals surface area (Å²) in [5.41, 5.74) is 1.11. The van der Waals surface area contributed by atoms with E-state index in [-0.39, 0.29) is 12.5 Å². The van der Waals surface area contributed by atoms with Crippen LogP contribution in [0.3, 0.4) is 0 Å². The normalized spacial score (nSPS) is 17.2. The Bertz CT molecular complexity index is 765. The van der Waals surface area contributed by atoms with E-state index in [2.05, 4.69) is 22.4 Å². The lowest BCUT2D eigenvalue weighted by molar-refractivity contribution is 0.0695. The average molecular weight is 379 g/mol. The van der Waals surface area contributed by atoms with E-state index in [0.29, 0.717) is 47.0 Å². The molecule has 1 aliphatic heterocycles. The molecule has 2 aromatic rings. The molecule has 1 fully saturated rings. The lowest BCUT2D eigenvalue weighted by Gasteiger charge is -2.32. The van der Waals surface area contributed by atoms with Gasteiger partial charge in [0.05, 0.1) is 17.8 Å². The van der Waals surface area contributed by atoms with Crippen molar-refractivity contribution < 1.29 is 14.3 Å². The number of amides is 1. The second-order valence-electron chi connectivity index (χ2n) is 6.17. The van der Waals surface area contributed by atoms with Gasteiger partial charge in [0.25, 0.3) is 5.91 Å². The first-order chi connectivity index (χ1) is 12.6. The maximum Gasteiger partial charge on any atom is 0.274 e. The van der Waals surface area contributed by atoms with Crippen LogP contribution in [0.25, 0.3) is 0 Å². The van der Waals surface area contributed by atoms with Crippen LogP contribution in [0, 0.1) is 0 Å². The second-order valence-corrected chi connectivity index (χ2v) is 6.58. The molecule has 26 heavy (non-hydrogen) atoms. The van der Waals surface area contributed by atoms with Gasteiger partial charge in [-0.2, -0.15) is 5.10 Å². The van der Waals surface area contributed by atoms with Crippen LogP contribution in [0.2, 0.25) is 5.02 Å². The molecule has 0 spiro atoms. The van der Waals surface area contributed by atoms with Crippen molar-refractivity contribution in [3.8, 4) is 11.5 Å². The molecule has 0 unspecified atom stereocenters. The largest absolute Gasteiger partial charge is 0.497 e. The summed E-state index contributed by atoms with van der Waals surface area (Å²) in [5, 5.41) is 10.9. The fourth-order valence-corrected chi connectivity index (χ4v) is 3.10. The van der Waals surface area contributed by atoms with E-state index in [1.54, 1.807) is 31.4 Å². The molecule has 2 heterocycles. The number of piperazine rings is 1. The lowest BCUT2D eigenvalue weighted by Crippen LogP contribution is -2.52. The summed E-state index contributed by atoms with van der Waals surface area (Å²) in [6, 6.07) is 7.27. The van der Waals surface area contributed by atoms with Gasteiger partial charge in [-0.05, 0) is 24.6 Å². The van der Waals surface area contributed by atoms with Gasteiger partial charge in [-0.1, -0.05) is 18.5 Å². The molecule has 0 aliphatic carbocycles. The summed E-state index contributed by atoms with van der Waals surface area (Å²) in [6.45, 7) is 4.55. The highest BCUT2D eigenvalue weighted by Crippen LogP contribution is 2.29. The van der Waals surface area contributed by atoms with Crippen molar-refractivity contribution in [2.75, 3.05) is 26.7 Å². The average Bonchev–Trinajstić information content (AvgIpc) is 3.15. The minimum atomic E-state index is -0.0603. The van der Waals surface area contributed by atoms with Crippen molar-refractivity contribution in [1.29, 1.82) is 0 Å². The molecule has 3 rings (SSSR count). The number of hydrogen-bond acceptors (Lipinski definition) is 5. The first kappa shape index (κ1) is 18.5. The van der Waals surface area contributed by atoms with Gasteiger partial charge in [-0.15, -0.1) is 0 Å². The van der Waals surface area contributed by atoms with Crippen LogP contribution in [0.15, 0.2) is 24.3 Å². The Morgan fingerprint density at radius 1 is 1.42 bits per heavy atom. The highest BCUT2D eigenvalue weighted by molar-refractivity contribution is 6.32. The lowest BCUT2D eigenvalue weighted by atomic mass is 10.1. The topological polar surface area (TPSA) is 79.5 Å². The van der Waals surface area contributed by atoms with E-state index < -0.39 is 0 Å². The summed E-state index contributed by atoms with van der Waals surface area (Å²) in [6.07, 6.45) is 0.992. The van der Waals surface area contributed by atoms with Crippen molar-refractivity contribution in [2.24, 2.45) is 0 Å². The third kappa shape index (κ3) is 4.28. The second kappa shape index (κ2) is 8.42. The van der Waals surface area contributed by atoms with Gasteiger partial charge in [0.2, 0.25) is 0 Å². The zero-order chi connectivity index (χ0) is 18.5. The van der Waals surface area contributed by atoms with Crippen LogP contribution in [0.5, 0.6) is 11.5 Å². The molecule has 7 nitrogen and oxygen atoms in total. The molecular weight excluding hydrogens is 356 g/mol. The van der Waals surface area contributed by atoms with E-state index in [4.69, 9.17) is 21.1 Å². The molecule has 0 radical (unpaired) electrons. The van der Waals surface area contributed by atoms with E-state index >= 15 is 0 Å². The quantitative estimate of drug-likeness (QED) is 0.807. The van der Waals surface area contributed by atoms with Crippen molar-refractivity contribution in [2.45, 2.75) is 26.0 Å². The number of halogens is 1. The summed E-state index contributed by atoms with van der Waals surface area (Å²) in [7, 11) is 1.58. The predicted octanol–water partition coefficient (Wildman–Crippen LogP) is 2.47. The van der Waals surface area contributed by atoms with Gasteiger partial charge in [-0.25, -0.2) is 0 Å². The Morgan fingerprint density at radius 3 is 3.00 bits per heavy atom. The number of methoxy groups -OCH3 is 1. The Hall–Kier alpha value is -2.25. The predicted molar refractivity (Wildman–Crippen MR) is 98.9 cm³/mol. The van der Waals surface area contributed by atoms with Crippen LogP contribution in [0.4, 0.5) is 0 Å². The smallest absolute Gasteiger partial charge is 0.274 e. The first-order valence-electron chi connectivity index (χ1n) is 8.64. The molecule has 1 atom stereocenters. The number of H-pyrrole nitrogens is 1. The maximum atomic E-state index is 12.6. The first-order valence-corrected chi connectivity index (χ1v) is 9.01. The molecule has 1 saturated heterocycles. The van der Waals surface area contributed by atoms with Crippen LogP contribution < -0.4 is 14.8 Å². The van der Waals surface area contributed by atoms with Crippen molar-refractivity contribution in [3.05, 3.63) is 40.7 Å². The number of carbonyl (C=O) groups is 1. The Labute approximate surface area is 157 Å². The highest BCUT2D eigenvalue weighted by atomic mass is 35.5.